The van der Waals surface area contributed by atoms with Gasteiger partial charge < -0.3 is 0 Å². The molecule has 0 aliphatic rings. The SMILES string of the molecule is c1ccc(-c2ccc3cc(-c4ccc(-c5nc6ccccn6c5-c5ccccn5)cc4)c4ccc5ccccc5c4c3n2)cc1. The fourth-order valence-corrected chi connectivity index (χ4v) is 6.53. The van der Waals surface area contributed by atoms with Crippen LogP contribution in [0, 0.1) is 0 Å². The Morgan fingerprint density at radius 2 is 1.27 bits per heavy atom. The first-order valence-electron chi connectivity index (χ1n) is 15.1. The lowest BCUT2D eigenvalue weighted by atomic mass is 9.91. The van der Waals surface area contributed by atoms with Gasteiger partial charge in [0, 0.05) is 34.3 Å². The van der Waals surface area contributed by atoms with Crippen LogP contribution in [-0.2, 0) is 0 Å². The lowest BCUT2D eigenvalue weighted by Gasteiger charge is -2.14. The highest BCUT2D eigenvalue weighted by atomic mass is 15.0. The number of imidazole rings is 1. The Hall–Kier alpha value is -6.13. The summed E-state index contributed by atoms with van der Waals surface area (Å²) < 4.78 is 2.12. The van der Waals surface area contributed by atoms with Gasteiger partial charge in [-0.2, -0.15) is 0 Å². The van der Waals surface area contributed by atoms with Crippen LogP contribution in [0.5, 0.6) is 0 Å². The number of hydrogen-bond acceptors (Lipinski definition) is 3. The normalized spacial score (nSPS) is 11.6. The van der Waals surface area contributed by atoms with Crippen molar-refractivity contribution in [2.24, 2.45) is 0 Å². The van der Waals surface area contributed by atoms with Crippen LogP contribution in [0.2, 0.25) is 0 Å². The van der Waals surface area contributed by atoms with Gasteiger partial charge in [-0.15, -0.1) is 0 Å². The topological polar surface area (TPSA) is 43.1 Å². The first-order valence-corrected chi connectivity index (χ1v) is 15.1. The first kappa shape index (κ1) is 25.4. The largest absolute Gasteiger partial charge is 0.298 e. The predicted octanol–water partition coefficient (Wildman–Crippen LogP) is 10.3. The molecule has 0 radical (unpaired) electrons. The van der Waals surface area contributed by atoms with E-state index in [1.54, 1.807) is 0 Å². The zero-order chi connectivity index (χ0) is 29.7. The maximum absolute atomic E-state index is 5.26. The third-order valence-corrected chi connectivity index (χ3v) is 8.66. The van der Waals surface area contributed by atoms with Crippen molar-refractivity contribution in [1.82, 2.24) is 19.4 Å². The second-order valence-corrected chi connectivity index (χ2v) is 11.3. The molecule has 0 aliphatic carbocycles. The van der Waals surface area contributed by atoms with Crippen LogP contribution in [0.15, 0.2) is 158 Å². The number of fused-ring (bicyclic) bond motifs is 6. The minimum absolute atomic E-state index is 0.894. The van der Waals surface area contributed by atoms with Crippen LogP contribution in [0.1, 0.15) is 0 Å². The van der Waals surface area contributed by atoms with Gasteiger partial charge in [-0.25, -0.2) is 9.97 Å². The van der Waals surface area contributed by atoms with Crippen molar-refractivity contribution < 1.29 is 0 Å². The van der Waals surface area contributed by atoms with E-state index in [0.29, 0.717) is 0 Å². The third kappa shape index (κ3) is 4.19. The summed E-state index contributed by atoms with van der Waals surface area (Å²) in [5.41, 5.74) is 10.2. The lowest BCUT2D eigenvalue weighted by molar-refractivity contribution is 1.17. The van der Waals surface area contributed by atoms with Crippen LogP contribution in [0.3, 0.4) is 0 Å². The van der Waals surface area contributed by atoms with Crippen LogP contribution >= 0.6 is 0 Å². The molecule has 0 saturated heterocycles. The molecule has 4 heterocycles. The standard InChI is InChI=1S/C41H26N4/c1-2-11-29(12-3-1)35-23-21-31-26-34(33-22-20-27-10-4-5-13-32(27)38(33)39(31)43-35)28-16-18-30(19-17-28)40-41(36-14-6-8-24-42-36)45-25-9-7-15-37(45)44-40/h1-26H. The summed E-state index contributed by atoms with van der Waals surface area (Å²) in [6, 6.07) is 51.0. The molecule has 4 heteroatoms. The van der Waals surface area contributed by atoms with Gasteiger partial charge >= 0.3 is 0 Å². The van der Waals surface area contributed by atoms with Crippen LogP contribution in [-0.4, -0.2) is 19.4 Å². The average Bonchev–Trinajstić information content (AvgIpc) is 3.51. The molecule has 5 aromatic carbocycles. The van der Waals surface area contributed by atoms with Crippen molar-refractivity contribution in [3.8, 4) is 45.0 Å². The van der Waals surface area contributed by atoms with Gasteiger partial charge in [-0.05, 0) is 63.7 Å². The number of pyridine rings is 3. The molecule has 0 saturated carbocycles. The minimum Gasteiger partial charge on any atom is -0.298 e. The zero-order valence-corrected chi connectivity index (χ0v) is 24.3. The maximum atomic E-state index is 5.26. The molecule has 0 unspecified atom stereocenters. The van der Waals surface area contributed by atoms with Gasteiger partial charge in [0.05, 0.1) is 28.3 Å². The molecule has 210 valence electrons. The van der Waals surface area contributed by atoms with Gasteiger partial charge in [0.15, 0.2) is 0 Å². The maximum Gasteiger partial charge on any atom is 0.137 e. The van der Waals surface area contributed by atoms with Crippen molar-refractivity contribution in [2.45, 2.75) is 0 Å². The Kier molecular flexibility index (Phi) is 5.78. The van der Waals surface area contributed by atoms with E-state index >= 15 is 0 Å². The van der Waals surface area contributed by atoms with Gasteiger partial charge in [0.1, 0.15) is 5.65 Å². The molecule has 0 fully saturated rings. The number of hydrogen-bond donors (Lipinski definition) is 0. The molecular formula is C41H26N4. The highest BCUT2D eigenvalue weighted by molar-refractivity contribution is 6.23. The quantitative estimate of drug-likeness (QED) is 0.196. The van der Waals surface area contributed by atoms with E-state index in [2.05, 4.69) is 113 Å². The van der Waals surface area contributed by atoms with E-state index < -0.39 is 0 Å². The molecule has 9 aromatic rings. The Bertz CT molecular complexity index is 2520. The van der Waals surface area contributed by atoms with Crippen LogP contribution in [0.4, 0.5) is 0 Å². The van der Waals surface area contributed by atoms with Gasteiger partial charge in [-0.1, -0.05) is 109 Å². The van der Waals surface area contributed by atoms with Crippen LogP contribution < -0.4 is 0 Å². The van der Waals surface area contributed by atoms with Crippen molar-refractivity contribution in [1.29, 1.82) is 0 Å². The molecular weight excluding hydrogens is 548 g/mol. The number of aromatic nitrogens is 4. The summed E-state index contributed by atoms with van der Waals surface area (Å²) >= 11 is 0. The monoisotopic (exact) mass is 574 g/mol. The second kappa shape index (κ2) is 10.2. The third-order valence-electron chi connectivity index (χ3n) is 8.66. The molecule has 0 bridgehead atoms. The van der Waals surface area contributed by atoms with E-state index in [0.717, 1.165) is 56.0 Å². The predicted molar refractivity (Wildman–Crippen MR) is 185 cm³/mol. The highest BCUT2D eigenvalue weighted by Gasteiger charge is 2.18. The van der Waals surface area contributed by atoms with Crippen LogP contribution in [0.25, 0.3) is 83.1 Å². The summed E-state index contributed by atoms with van der Waals surface area (Å²) in [5.74, 6) is 0. The van der Waals surface area contributed by atoms with E-state index in [4.69, 9.17) is 9.97 Å². The molecule has 0 aliphatic heterocycles. The molecule has 45 heavy (non-hydrogen) atoms. The van der Waals surface area contributed by atoms with E-state index in [1.165, 1.54) is 27.1 Å². The molecule has 0 N–H and O–H groups in total. The van der Waals surface area contributed by atoms with Gasteiger partial charge in [0.25, 0.3) is 0 Å². The van der Waals surface area contributed by atoms with Crippen molar-refractivity contribution in [3.63, 3.8) is 0 Å². The Morgan fingerprint density at radius 1 is 0.489 bits per heavy atom. The average molecular weight is 575 g/mol. The smallest absolute Gasteiger partial charge is 0.137 e. The second-order valence-electron chi connectivity index (χ2n) is 11.3. The minimum atomic E-state index is 0.894. The zero-order valence-electron chi connectivity index (χ0n) is 24.3. The van der Waals surface area contributed by atoms with Gasteiger partial charge in [0.2, 0.25) is 0 Å². The fourth-order valence-electron chi connectivity index (χ4n) is 6.53. The summed E-state index contributed by atoms with van der Waals surface area (Å²) in [7, 11) is 0. The molecule has 0 amide bonds. The highest BCUT2D eigenvalue weighted by Crippen LogP contribution is 2.40. The lowest BCUT2D eigenvalue weighted by Crippen LogP contribution is -1.92. The number of rotatable bonds is 4. The summed E-state index contributed by atoms with van der Waals surface area (Å²) in [6.45, 7) is 0. The molecule has 0 spiro atoms. The first-order chi connectivity index (χ1) is 22.3. The molecule has 9 rings (SSSR count). The van der Waals surface area contributed by atoms with Crippen molar-refractivity contribution in [3.05, 3.63) is 158 Å². The van der Waals surface area contributed by atoms with E-state index in [-0.39, 0.29) is 0 Å². The van der Waals surface area contributed by atoms with Crippen molar-refractivity contribution in [2.75, 3.05) is 0 Å². The number of benzene rings is 5. The Labute approximate surface area is 259 Å². The van der Waals surface area contributed by atoms with E-state index in [9.17, 15) is 0 Å². The molecule has 4 aromatic heterocycles. The summed E-state index contributed by atoms with van der Waals surface area (Å²) in [6.07, 6.45) is 3.88. The summed E-state index contributed by atoms with van der Waals surface area (Å²) in [5, 5.41) is 5.91. The fraction of sp³-hybridized carbons (Fsp3) is 0. The number of nitrogens with zero attached hydrogens (tertiary/aromatic N) is 4. The Morgan fingerprint density at radius 3 is 2.13 bits per heavy atom. The molecule has 4 nitrogen and oxygen atoms in total. The van der Waals surface area contributed by atoms with E-state index in [1.807, 2.05) is 54.9 Å². The van der Waals surface area contributed by atoms with Gasteiger partial charge in [-0.3, -0.25) is 9.38 Å². The Balaban J connectivity index is 1.24. The molecule has 0 atom stereocenters. The summed E-state index contributed by atoms with van der Waals surface area (Å²) in [4.78, 5) is 15.0. The van der Waals surface area contributed by atoms with Crippen molar-refractivity contribution >= 4 is 38.1 Å².